The summed E-state index contributed by atoms with van der Waals surface area (Å²) >= 11 is 5.65. The molecule has 2 bridgehead atoms. The predicted molar refractivity (Wildman–Crippen MR) is 83.6 cm³/mol. The summed E-state index contributed by atoms with van der Waals surface area (Å²) in [6.07, 6.45) is 0.443. The van der Waals surface area contributed by atoms with Crippen molar-refractivity contribution in [3.63, 3.8) is 0 Å². The van der Waals surface area contributed by atoms with E-state index >= 15 is 0 Å². The van der Waals surface area contributed by atoms with E-state index in [9.17, 15) is 22.8 Å². The quantitative estimate of drug-likeness (QED) is 0.557. The van der Waals surface area contributed by atoms with Crippen LogP contribution < -0.4 is 4.90 Å². The number of nitrogens with zero attached hydrogens (tertiary/aromatic N) is 1. The molecular formula is C18H13ClF3NO2. The van der Waals surface area contributed by atoms with E-state index in [1.807, 2.05) is 12.2 Å². The molecule has 7 heteroatoms. The number of anilines is 1. The highest BCUT2D eigenvalue weighted by Gasteiger charge is 2.67. The van der Waals surface area contributed by atoms with Gasteiger partial charge < -0.3 is 0 Å². The van der Waals surface area contributed by atoms with Crippen LogP contribution in [0.2, 0.25) is 5.02 Å². The fourth-order valence-corrected chi connectivity index (χ4v) is 5.31. The number of imide groups is 1. The topological polar surface area (TPSA) is 37.4 Å². The lowest BCUT2D eigenvalue weighted by molar-refractivity contribution is -0.137. The molecule has 1 aliphatic heterocycles. The lowest BCUT2D eigenvalue weighted by Gasteiger charge is -2.37. The molecule has 5 aliphatic rings. The molecule has 2 saturated carbocycles. The second kappa shape index (κ2) is 4.67. The van der Waals surface area contributed by atoms with Crippen molar-refractivity contribution < 1.29 is 22.8 Å². The molecule has 0 unspecified atom stereocenters. The number of hydrogen-bond donors (Lipinski definition) is 0. The Labute approximate surface area is 146 Å². The van der Waals surface area contributed by atoms with Crippen molar-refractivity contribution >= 4 is 29.1 Å². The first kappa shape index (κ1) is 15.4. The second-order valence-corrected chi connectivity index (χ2v) is 7.74. The fraction of sp³-hybridized carbons (Fsp3) is 0.444. The van der Waals surface area contributed by atoms with E-state index in [1.54, 1.807) is 0 Å². The van der Waals surface area contributed by atoms with Gasteiger partial charge in [0, 0.05) is 0 Å². The Morgan fingerprint density at radius 3 is 2.08 bits per heavy atom. The molecule has 1 heterocycles. The van der Waals surface area contributed by atoms with Crippen LogP contribution in [0.4, 0.5) is 18.9 Å². The average Bonchev–Trinajstić information content (AvgIpc) is 3.32. The molecule has 3 fully saturated rings. The van der Waals surface area contributed by atoms with Crippen molar-refractivity contribution in [1.82, 2.24) is 0 Å². The van der Waals surface area contributed by atoms with Crippen LogP contribution in [0, 0.1) is 35.5 Å². The van der Waals surface area contributed by atoms with E-state index in [1.165, 1.54) is 6.07 Å². The van der Waals surface area contributed by atoms with Crippen molar-refractivity contribution in [2.75, 3.05) is 4.90 Å². The van der Waals surface area contributed by atoms with Gasteiger partial charge in [0.2, 0.25) is 11.8 Å². The third-order valence-corrected chi connectivity index (χ3v) is 6.51. The van der Waals surface area contributed by atoms with Gasteiger partial charge in [0.15, 0.2) is 0 Å². The summed E-state index contributed by atoms with van der Waals surface area (Å²) in [5.41, 5.74) is -1.08. The Morgan fingerprint density at radius 1 is 1.00 bits per heavy atom. The first-order chi connectivity index (χ1) is 11.8. The van der Waals surface area contributed by atoms with Gasteiger partial charge in [0.05, 0.1) is 28.1 Å². The van der Waals surface area contributed by atoms with Gasteiger partial charge in [-0.05, 0) is 48.3 Å². The third-order valence-electron chi connectivity index (χ3n) is 6.18. The Kier molecular flexibility index (Phi) is 2.88. The monoisotopic (exact) mass is 367 g/mol. The molecule has 0 aromatic heterocycles. The molecule has 25 heavy (non-hydrogen) atoms. The number of carbonyl (C=O) groups excluding carboxylic acids is 2. The van der Waals surface area contributed by atoms with E-state index < -0.39 is 28.6 Å². The van der Waals surface area contributed by atoms with E-state index in [0.29, 0.717) is 11.8 Å². The molecule has 6 atom stereocenters. The summed E-state index contributed by atoms with van der Waals surface area (Å²) in [6, 6.07) is 3.19. The SMILES string of the molecule is O=C1[C@@H]2[C@@H]3C=C[C@H]([C@H]4C[C@@H]34)[C@@H]2C(=O)N1c1ccc(Cl)c(C(F)(F)F)c1. The van der Waals surface area contributed by atoms with Crippen LogP contribution in [0.15, 0.2) is 30.4 Å². The second-order valence-electron chi connectivity index (χ2n) is 7.33. The molecule has 1 saturated heterocycles. The number of allylic oxidation sites excluding steroid dienone is 2. The lowest BCUT2D eigenvalue weighted by Crippen LogP contribution is -2.40. The summed E-state index contributed by atoms with van der Waals surface area (Å²) in [7, 11) is 0. The summed E-state index contributed by atoms with van der Waals surface area (Å²) in [5, 5.41) is -0.448. The maximum absolute atomic E-state index is 13.1. The van der Waals surface area contributed by atoms with Gasteiger partial charge in [0.25, 0.3) is 0 Å². The molecule has 1 aromatic rings. The van der Waals surface area contributed by atoms with Gasteiger partial charge in [-0.3, -0.25) is 14.5 Å². The van der Waals surface area contributed by atoms with Crippen LogP contribution in [0.3, 0.4) is 0 Å². The highest BCUT2D eigenvalue weighted by molar-refractivity contribution is 6.31. The van der Waals surface area contributed by atoms with Crippen LogP contribution in [0.25, 0.3) is 0 Å². The number of alkyl halides is 3. The van der Waals surface area contributed by atoms with Gasteiger partial charge in [-0.15, -0.1) is 0 Å². The highest BCUT2D eigenvalue weighted by atomic mass is 35.5. The van der Waals surface area contributed by atoms with Gasteiger partial charge >= 0.3 is 6.18 Å². The molecule has 2 amide bonds. The fourth-order valence-electron chi connectivity index (χ4n) is 5.08. The molecular weight excluding hydrogens is 355 g/mol. The van der Waals surface area contributed by atoms with Crippen molar-refractivity contribution in [3.8, 4) is 0 Å². The van der Waals surface area contributed by atoms with Crippen LogP contribution >= 0.6 is 11.6 Å². The smallest absolute Gasteiger partial charge is 0.274 e. The predicted octanol–water partition coefficient (Wildman–Crippen LogP) is 3.92. The minimum Gasteiger partial charge on any atom is -0.274 e. The minimum absolute atomic E-state index is 0.0378. The molecule has 6 rings (SSSR count). The largest absolute Gasteiger partial charge is 0.417 e. The lowest BCUT2D eigenvalue weighted by atomic mass is 9.63. The first-order valence-electron chi connectivity index (χ1n) is 8.22. The number of carbonyl (C=O) groups is 2. The zero-order valence-electron chi connectivity index (χ0n) is 12.8. The Bertz CT molecular complexity index is 813. The Balaban J connectivity index is 1.57. The number of rotatable bonds is 1. The number of amides is 2. The maximum Gasteiger partial charge on any atom is 0.417 e. The highest BCUT2D eigenvalue weighted by Crippen LogP contribution is 2.65. The van der Waals surface area contributed by atoms with Crippen molar-refractivity contribution in [2.45, 2.75) is 12.6 Å². The van der Waals surface area contributed by atoms with E-state index in [-0.39, 0.29) is 29.3 Å². The van der Waals surface area contributed by atoms with Crippen molar-refractivity contribution in [2.24, 2.45) is 35.5 Å². The Hall–Kier alpha value is -1.82. The zero-order chi connectivity index (χ0) is 17.7. The van der Waals surface area contributed by atoms with E-state index in [0.717, 1.165) is 23.5 Å². The molecule has 1 aromatic carbocycles. The van der Waals surface area contributed by atoms with Gasteiger partial charge in [0.1, 0.15) is 0 Å². The summed E-state index contributed by atoms with van der Waals surface area (Å²) in [5.74, 6) is -0.655. The Morgan fingerprint density at radius 2 is 1.56 bits per heavy atom. The number of hydrogen-bond acceptors (Lipinski definition) is 2. The maximum atomic E-state index is 13.1. The minimum atomic E-state index is -4.64. The summed E-state index contributed by atoms with van der Waals surface area (Å²) < 4.78 is 39.3. The standard InChI is InChI=1S/C18H13ClF3NO2/c19-13-4-1-7(5-12(13)18(20,21)22)23-16(24)14-8-2-3-9(11-6-10(8)11)15(14)17(23)25/h1-5,8-11,14-15H,6H2/t8-,9-,10-,11+,14+,15-/m1/s1. The van der Waals surface area contributed by atoms with E-state index in [2.05, 4.69) is 0 Å². The van der Waals surface area contributed by atoms with Crippen LogP contribution in [0.1, 0.15) is 12.0 Å². The molecule has 0 radical (unpaired) electrons. The average molecular weight is 368 g/mol. The molecule has 4 aliphatic carbocycles. The van der Waals surface area contributed by atoms with Crippen molar-refractivity contribution in [1.29, 1.82) is 0 Å². The number of benzene rings is 1. The van der Waals surface area contributed by atoms with Gasteiger partial charge in [-0.25, -0.2) is 0 Å². The third kappa shape index (κ3) is 1.94. The zero-order valence-corrected chi connectivity index (χ0v) is 13.6. The summed E-state index contributed by atoms with van der Waals surface area (Å²) in [6.45, 7) is 0. The summed E-state index contributed by atoms with van der Waals surface area (Å²) in [4.78, 5) is 26.8. The van der Waals surface area contributed by atoms with Crippen LogP contribution in [-0.4, -0.2) is 11.8 Å². The number of halogens is 4. The van der Waals surface area contributed by atoms with Gasteiger partial charge in [-0.2, -0.15) is 13.2 Å². The molecule has 130 valence electrons. The van der Waals surface area contributed by atoms with Crippen molar-refractivity contribution in [3.05, 3.63) is 40.9 Å². The molecule has 3 nitrogen and oxygen atoms in total. The normalized spacial score (nSPS) is 38.2. The molecule has 0 N–H and O–H groups in total. The van der Waals surface area contributed by atoms with Crippen LogP contribution in [-0.2, 0) is 15.8 Å². The first-order valence-corrected chi connectivity index (χ1v) is 8.59. The molecule has 0 spiro atoms. The van der Waals surface area contributed by atoms with Gasteiger partial charge in [-0.1, -0.05) is 23.8 Å². The van der Waals surface area contributed by atoms with E-state index in [4.69, 9.17) is 11.6 Å². The van der Waals surface area contributed by atoms with Crippen LogP contribution in [0.5, 0.6) is 0 Å².